The molecule has 7 heteroatoms. The van der Waals surface area contributed by atoms with Crippen LogP contribution in [0.4, 0.5) is 5.69 Å². The molecule has 1 aromatic heterocycles. The summed E-state index contributed by atoms with van der Waals surface area (Å²) >= 11 is 11.8. The summed E-state index contributed by atoms with van der Waals surface area (Å²) in [6.07, 6.45) is 0. The molecule has 0 unspecified atom stereocenters. The molecular weight excluding hydrogens is 377 g/mol. The molecule has 0 radical (unpaired) electrons. The lowest BCUT2D eigenvalue weighted by atomic mass is 10.1. The Morgan fingerprint density at radius 3 is 2.69 bits per heavy atom. The van der Waals surface area contributed by atoms with Crippen LogP contribution in [-0.4, -0.2) is 17.6 Å². The first-order valence-corrected chi connectivity index (χ1v) is 8.48. The number of benzene rings is 2. The van der Waals surface area contributed by atoms with Crippen molar-refractivity contribution in [3.05, 3.63) is 70.4 Å². The van der Waals surface area contributed by atoms with Crippen molar-refractivity contribution in [1.29, 1.82) is 0 Å². The number of hydrogen-bond acceptors (Lipinski definition) is 4. The molecule has 0 spiro atoms. The molecule has 134 valence electrons. The minimum absolute atomic E-state index is 0.166. The standard InChI is InChI=1S/C19H15Cl2NO4/c20-13-4-6-18(16(21)9-13)25-11-19(24)22-14-3-1-2-12(8-14)17-7-5-15(10-23)26-17/h1-9,23H,10-11H2,(H,22,24). The Bertz CT molecular complexity index is 923. The number of carbonyl (C=O) groups excluding carboxylic acids is 1. The summed E-state index contributed by atoms with van der Waals surface area (Å²) in [4.78, 5) is 12.1. The maximum absolute atomic E-state index is 12.1. The summed E-state index contributed by atoms with van der Waals surface area (Å²) in [5, 5.41) is 12.7. The first-order chi connectivity index (χ1) is 12.5. The van der Waals surface area contributed by atoms with Gasteiger partial charge in [-0.25, -0.2) is 0 Å². The molecule has 0 aliphatic rings. The van der Waals surface area contributed by atoms with Gasteiger partial charge in [-0.15, -0.1) is 0 Å². The van der Waals surface area contributed by atoms with Crippen molar-refractivity contribution in [3.8, 4) is 17.1 Å². The van der Waals surface area contributed by atoms with E-state index in [4.69, 9.17) is 37.5 Å². The van der Waals surface area contributed by atoms with Gasteiger partial charge in [0.05, 0.1) is 5.02 Å². The second kappa shape index (κ2) is 8.27. The number of halogens is 2. The first kappa shape index (κ1) is 18.3. The number of carbonyl (C=O) groups is 1. The molecule has 26 heavy (non-hydrogen) atoms. The quantitative estimate of drug-likeness (QED) is 0.634. The number of aliphatic hydroxyl groups is 1. The van der Waals surface area contributed by atoms with Crippen LogP contribution in [0, 0.1) is 0 Å². The summed E-state index contributed by atoms with van der Waals surface area (Å²) in [7, 11) is 0. The highest BCUT2D eigenvalue weighted by atomic mass is 35.5. The van der Waals surface area contributed by atoms with Gasteiger partial charge in [-0.1, -0.05) is 35.3 Å². The van der Waals surface area contributed by atoms with Crippen molar-refractivity contribution in [2.45, 2.75) is 6.61 Å². The summed E-state index contributed by atoms with van der Waals surface area (Å²) in [5.74, 6) is 1.13. The van der Waals surface area contributed by atoms with Crippen LogP contribution in [0.25, 0.3) is 11.3 Å². The number of ether oxygens (including phenoxy) is 1. The van der Waals surface area contributed by atoms with E-state index in [9.17, 15) is 4.79 Å². The van der Waals surface area contributed by atoms with Crippen molar-refractivity contribution >= 4 is 34.8 Å². The van der Waals surface area contributed by atoms with Gasteiger partial charge in [-0.3, -0.25) is 4.79 Å². The predicted molar refractivity (Wildman–Crippen MR) is 101 cm³/mol. The lowest BCUT2D eigenvalue weighted by Crippen LogP contribution is -2.20. The fourth-order valence-electron chi connectivity index (χ4n) is 2.30. The number of nitrogens with one attached hydrogen (secondary N) is 1. The third-order valence-corrected chi connectivity index (χ3v) is 4.03. The van der Waals surface area contributed by atoms with Gasteiger partial charge < -0.3 is 19.6 Å². The maximum atomic E-state index is 12.1. The molecule has 0 aliphatic heterocycles. The molecule has 0 saturated carbocycles. The van der Waals surface area contributed by atoms with E-state index < -0.39 is 0 Å². The number of rotatable bonds is 6. The molecule has 0 fully saturated rings. The van der Waals surface area contributed by atoms with E-state index in [-0.39, 0.29) is 19.1 Å². The summed E-state index contributed by atoms with van der Waals surface area (Å²) in [6, 6.07) is 15.4. The van der Waals surface area contributed by atoms with Crippen molar-refractivity contribution in [2.75, 3.05) is 11.9 Å². The van der Waals surface area contributed by atoms with Crippen molar-refractivity contribution in [1.82, 2.24) is 0 Å². The van der Waals surface area contributed by atoms with Gasteiger partial charge >= 0.3 is 0 Å². The zero-order valence-corrected chi connectivity index (χ0v) is 15.1. The van der Waals surface area contributed by atoms with Gasteiger partial charge in [0, 0.05) is 16.3 Å². The Hall–Kier alpha value is -2.47. The third-order valence-electron chi connectivity index (χ3n) is 3.50. The number of furan rings is 1. The highest BCUT2D eigenvalue weighted by molar-refractivity contribution is 6.35. The van der Waals surface area contributed by atoms with Gasteiger partial charge in [0.25, 0.3) is 5.91 Å². The summed E-state index contributed by atoms with van der Waals surface area (Å²) in [6.45, 7) is -0.359. The fourth-order valence-corrected chi connectivity index (χ4v) is 2.76. The first-order valence-electron chi connectivity index (χ1n) is 7.73. The van der Waals surface area contributed by atoms with Crippen LogP contribution in [-0.2, 0) is 11.4 Å². The van der Waals surface area contributed by atoms with Crippen molar-refractivity contribution < 1.29 is 19.1 Å². The molecule has 0 atom stereocenters. The van der Waals surface area contributed by atoms with Gasteiger partial charge in [0.2, 0.25) is 0 Å². The molecule has 3 rings (SSSR count). The molecule has 3 aromatic rings. The summed E-state index contributed by atoms with van der Waals surface area (Å²) in [5.41, 5.74) is 1.38. The highest BCUT2D eigenvalue weighted by Gasteiger charge is 2.09. The van der Waals surface area contributed by atoms with Gasteiger partial charge in [-0.05, 0) is 42.5 Å². The fraction of sp³-hybridized carbons (Fsp3) is 0.105. The molecule has 0 saturated heterocycles. The minimum atomic E-state index is -0.330. The Morgan fingerprint density at radius 2 is 1.96 bits per heavy atom. The summed E-state index contributed by atoms with van der Waals surface area (Å²) < 4.78 is 10.9. The predicted octanol–water partition coefficient (Wildman–Crippen LogP) is 4.76. The van der Waals surface area contributed by atoms with Gasteiger partial charge in [0.1, 0.15) is 23.9 Å². The van der Waals surface area contributed by atoms with E-state index in [0.717, 1.165) is 5.56 Å². The largest absolute Gasteiger partial charge is 0.482 e. The van der Waals surface area contributed by atoms with Gasteiger partial charge in [0.15, 0.2) is 6.61 Å². The minimum Gasteiger partial charge on any atom is -0.482 e. The Balaban J connectivity index is 1.63. The van der Waals surface area contributed by atoms with Crippen LogP contribution in [0.1, 0.15) is 5.76 Å². The van der Waals surface area contributed by atoms with Gasteiger partial charge in [-0.2, -0.15) is 0 Å². The number of hydrogen-bond donors (Lipinski definition) is 2. The molecule has 1 heterocycles. The van der Waals surface area contributed by atoms with E-state index in [1.807, 2.05) is 6.07 Å². The van der Waals surface area contributed by atoms with E-state index in [1.165, 1.54) is 0 Å². The molecular formula is C19H15Cl2NO4. The Labute approximate surface area is 160 Å². The highest BCUT2D eigenvalue weighted by Crippen LogP contribution is 2.28. The number of aliphatic hydroxyl groups excluding tert-OH is 1. The number of anilines is 1. The average Bonchev–Trinajstić information content (AvgIpc) is 3.10. The monoisotopic (exact) mass is 391 g/mol. The second-order valence-electron chi connectivity index (χ2n) is 5.42. The normalized spacial score (nSPS) is 10.6. The van der Waals surface area contributed by atoms with E-state index in [1.54, 1.807) is 48.5 Å². The number of amides is 1. The lowest BCUT2D eigenvalue weighted by molar-refractivity contribution is -0.118. The smallest absolute Gasteiger partial charge is 0.262 e. The van der Waals surface area contributed by atoms with Crippen LogP contribution >= 0.6 is 23.2 Å². The van der Waals surface area contributed by atoms with Crippen molar-refractivity contribution in [3.63, 3.8) is 0 Å². The Morgan fingerprint density at radius 1 is 1.12 bits per heavy atom. The van der Waals surface area contributed by atoms with Crippen LogP contribution in [0.5, 0.6) is 5.75 Å². The Kier molecular flexibility index (Phi) is 5.83. The molecule has 0 bridgehead atoms. The zero-order valence-electron chi connectivity index (χ0n) is 13.5. The molecule has 0 aliphatic carbocycles. The molecule has 5 nitrogen and oxygen atoms in total. The van der Waals surface area contributed by atoms with Crippen LogP contribution in [0.2, 0.25) is 10.0 Å². The topological polar surface area (TPSA) is 71.7 Å². The van der Waals surface area contributed by atoms with E-state index >= 15 is 0 Å². The maximum Gasteiger partial charge on any atom is 0.262 e. The molecule has 2 N–H and O–H groups in total. The zero-order chi connectivity index (χ0) is 18.5. The molecule has 2 aromatic carbocycles. The average molecular weight is 392 g/mol. The lowest BCUT2D eigenvalue weighted by Gasteiger charge is -2.09. The van der Waals surface area contributed by atoms with E-state index in [0.29, 0.717) is 33.0 Å². The SMILES string of the molecule is O=C(COc1ccc(Cl)cc1Cl)Nc1cccc(-c2ccc(CO)o2)c1. The van der Waals surface area contributed by atoms with Crippen LogP contribution in [0.3, 0.4) is 0 Å². The van der Waals surface area contributed by atoms with Crippen LogP contribution in [0.15, 0.2) is 59.0 Å². The van der Waals surface area contributed by atoms with Crippen molar-refractivity contribution in [2.24, 2.45) is 0 Å². The van der Waals surface area contributed by atoms with E-state index in [2.05, 4.69) is 5.32 Å². The molecule has 1 amide bonds. The second-order valence-corrected chi connectivity index (χ2v) is 6.26. The third kappa shape index (κ3) is 4.58. The van der Waals surface area contributed by atoms with Crippen LogP contribution < -0.4 is 10.1 Å².